The number of carbonyl (C=O) groups excluding carboxylic acids is 3. The summed E-state index contributed by atoms with van der Waals surface area (Å²) in [6.45, 7) is 1.31. The zero-order chi connectivity index (χ0) is 20.5. The maximum Gasteiger partial charge on any atom is 0.325 e. The molecule has 0 aromatic heterocycles. The maximum absolute atomic E-state index is 13.0. The van der Waals surface area contributed by atoms with Gasteiger partial charge in [0.05, 0.1) is 18.6 Å². The fraction of sp³-hybridized carbons (Fsp3) is 0.500. The predicted octanol–water partition coefficient (Wildman–Crippen LogP) is 0.156. The summed E-state index contributed by atoms with van der Waals surface area (Å²) in [6.07, 6.45) is 0.641. The van der Waals surface area contributed by atoms with Crippen molar-refractivity contribution in [2.24, 2.45) is 0 Å². The summed E-state index contributed by atoms with van der Waals surface area (Å²) in [5.74, 6) is -0.553. The Morgan fingerprint density at radius 1 is 1.32 bits per heavy atom. The van der Waals surface area contributed by atoms with Crippen molar-refractivity contribution in [1.82, 2.24) is 15.5 Å². The summed E-state index contributed by atoms with van der Waals surface area (Å²) < 4.78 is 28.1. The van der Waals surface area contributed by atoms with Gasteiger partial charge in [-0.25, -0.2) is 13.2 Å². The average molecular weight is 409 g/mol. The Bertz CT molecular complexity index is 898. The van der Waals surface area contributed by atoms with Crippen molar-refractivity contribution in [3.05, 3.63) is 29.8 Å². The number of urea groups is 1. The summed E-state index contributed by atoms with van der Waals surface area (Å²) in [5, 5.41) is 5.30. The van der Waals surface area contributed by atoms with Crippen LogP contribution in [0.3, 0.4) is 0 Å². The number of imide groups is 1. The topological polar surface area (TPSA) is 122 Å². The van der Waals surface area contributed by atoms with Gasteiger partial charge in [-0.15, -0.1) is 0 Å². The molecule has 28 heavy (non-hydrogen) atoms. The van der Waals surface area contributed by atoms with Crippen molar-refractivity contribution < 1.29 is 27.5 Å². The fourth-order valence-electron chi connectivity index (χ4n) is 3.61. The van der Waals surface area contributed by atoms with Gasteiger partial charge in [-0.2, -0.15) is 0 Å². The molecule has 10 heteroatoms. The van der Waals surface area contributed by atoms with Crippen LogP contribution in [-0.2, 0) is 25.0 Å². The summed E-state index contributed by atoms with van der Waals surface area (Å²) in [4.78, 5) is 38.6. The van der Waals surface area contributed by atoms with Crippen molar-refractivity contribution in [1.29, 1.82) is 0 Å². The van der Waals surface area contributed by atoms with Gasteiger partial charge in [-0.1, -0.05) is 19.1 Å². The molecule has 0 radical (unpaired) electrons. The number of rotatable bonds is 6. The summed E-state index contributed by atoms with van der Waals surface area (Å²) in [7, 11) is -1.61. The van der Waals surface area contributed by atoms with Crippen LogP contribution in [-0.4, -0.2) is 62.4 Å². The molecule has 0 unspecified atom stereocenters. The molecule has 2 atom stereocenters. The van der Waals surface area contributed by atoms with Crippen LogP contribution < -0.4 is 15.4 Å². The quantitative estimate of drug-likeness (QED) is 0.645. The molecule has 2 aliphatic rings. The molecule has 2 aliphatic heterocycles. The zero-order valence-electron chi connectivity index (χ0n) is 15.7. The number of carbonyl (C=O) groups is 3. The van der Waals surface area contributed by atoms with Crippen LogP contribution in [0.2, 0.25) is 0 Å². The third-order valence-corrected chi connectivity index (χ3v) is 6.96. The van der Waals surface area contributed by atoms with Gasteiger partial charge in [-0.05, 0) is 30.5 Å². The van der Waals surface area contributed by atoms with E-state index in [2.05, 4.69) is 10.6 Å². The second kappa shape index (κ2) is 7.42. The Morgan fingerprint density at radius 3 is 2.54 bits per heavy atom. The van der Waals surface area contributed by atoms with Crippen molar-refractivity contribution in [3.63, 3.8) is 0 Å². The van der Waals surface area contributed by atoms with Crippen LogP contribution >= 0.6 is 0 Å². The van der Waals surface area contributed by atoms with Crippen LogP contribution in [0.15, 0.2) is 24.3 Å². The highest BCUT2D eigenvalue weighted by Gasteiger charge is 2.51. The number of methoxy groups -OCH3 is 1. The minimum atomic E-state index is -3.14. The molecule has 2 N–H and O–H groups in total. The molecule has 0 spiro atoms. The monoisotopic (exact) mass is 409 g/mol. The van der Waals surface area contributed by atoms with E-state index in [0.29, 0.717) is 24.2 Å². The first kappa shape index (κ1) is 20.1. The number of sulfone groups is 1. The van der Waals surface area contributed by atoms with Crippen LogP contribution in [0.5, 0.6) is 5.75 Å². The molecule has 0 bridgehead atoms. The van der Waals surface area contributed by atoms with Crippen LogP contribution in [0.25, 0.3) is 0 Å². The Hall–Kier alpha value is -2.62. The minimum absolute atomic E-state index is 0.0253. The molecule has 152 valence electrons. The first-order valence-corrected chi connectivity index (χ1v) is 10.8. The Balaban J connectivity index is 1.73. The Labute approximate surface area is 163 Å². The van der Waals surface area contributed by atoms with Crippen molar-refractivity contribution in [3.8, 4) is 5.75 Å². The SMILES string of the molecule is CC[C@@]1(c2ccc(OC)cc2)NC(=O)N(CC(=O)N[C@@H]2CCS(=O)(=O)C2)C1=O. The van der Waals surface area contributed by atoms with Gasteiger partial charge >= 0.3 is 6.03 Å². The number of ether oxygens (including phenoxy) is 1. The van der Waals surface area contributed by atoms with E-state index in [9.17, 15) is 22.8 Å². The number of hydrogen-bond acceptors (Lipinski definition) is 6. The molecule has 2 saturated heterocycles. The zero-order valence-corrected chi connectivity index (χ0v) is 16.5. The van der Waals surface area contributed by atoms with E-state index >= 15 is 0 Å². The van der Waals surface area contributed by atoms with Crippen molar-refractivity contribution >= 4 is 27.7 Å². The third-order valence-electron chi connectivity index (χ3n) is 5.19. The van der Waals surface area contributed by atoms with E-state index < -0.39 is 45.8 Å². The number of amides is 4. The highest BCUT2D eigenvalue weighted by Crippen LogP contribution is 2.33. The lowest BCUT2D eigenvalue weighted by Crippen LogP contribution is -2.46. The van der Waals surface area contributed by atoms with E-state index in [1.54, 1.807) is 31.2 Å². The van der Waals surface area contributed by atoms with Gasteiger partial charge < -0.3 is 15.4 Å². The second-order valence-electron chi connectivity index (χ2n) is 6.98. The van der Waals surface area contributed by atoms with E-state index in [1.807, 2.05) is 0 Å². The maximum atomic E-state index is 13.0. The molecule has 1 aromatic rings. The van der Waals surface area contributed by atoms with Gasteiger partial charge in [0.25, 0.3) is 5.91 Å². The molecule has 2 heterocycles. The number of benzene rings is 1. The highest BCUT2D eigenvalue weighted by molar-refractivity contribution is 7.91. The van der Waals surface area contributed by atoms with Gasteiger partial charge in [0.2, 0.25) is 5.91 Å². The second-order valence-corrected chi connectivity index (χ2v) is 9.21. The summed E-state index contributed by atoms with van der Waals surface area (Å²) >= 11 is 0. The van der Waals surface area contributed by atoms with Gasteiger partial charge in [-0.3, -0.25) is 14.5 Å². The van der Waals surface area contributed by atoms with E-state index in [4.69, 9.17) is 4.74 Å². The number of hydrogen-bond donors (Lipinski definition) is 2. The van der Waals surface area contributed by atoms with Gasteiger partial charge in [0.15, 0.2) is 9.84 Å². The molecule has 2 fully saturated rings. The lowest BCUT2D eigenvalue weighted by Gasteiger charge is -2.26. The van der Waals surface area contributed by atoms with Crippen LogP contribution in [0.1, 0.15) is 25.3 Å². The largest absolute Gasteiger partial charge is 0.497 e. The lowest BCUT2D eigenvalue weighted by atomic mass is 9.87. The summed E-state index contributed by atoms with van der Waals surface area (Å²) in [5.41, 5.74) is -0.653. The summed E-state index contributed by atoms with van der Waals surface area (Å²) in [6, 6.07) is 5.65. The van der Waals surface area contributed by atoms with Crippen LogP contribution in [0, 0.1) is 0 Å². The fourth-order valence-corrected chi connectivity index (χ4v) is 5.28. The minimum Gasteiger partial charge on any atom is -0.497 e. The van der Waals surface area contributed by atoms with Crippen LogP contribution in [0.4, 0.5) is 4.79 Å². The molecule has 0 aliphatic carbocycles. The van der Waals surface area contributed by atoms with Crippen molar-refractivity contribution in [2.75, 3.05) is 25.2 Å². The average Bonchev–Trinajstić information content (AvgIpc) is 3.12. The van der Waals surface area contributed by atoms with Crippen molar-refractivity contribution in [2.45, 2.75) is 31.3 Å². The first-order chi connectivity index (χ1) is 13.2. The molecule has 0 saturated carbocycles. The molecule has 3 rings (SSSR count). The number of nitrogens with zero attached hydrogens (tertiary/aromatic N) is 1. The highest BCUT2D eigenvalue weighted by atomic mass is 32.2. The first-order valence-electron chi connectivity index (χ1n) is 8.99. The Morgan fingerprint density at radius 2 is 2.00 bits per heavy atom. The molecular formula is C18H23N3O6S. The molecule has 4 amide bonds. The third kappa shape index (κ3) is 3.68. The standard InChI is InChI=1S/C18H23N3O6S/c1-3-18(12-4-6-14(27-2)7-5-12)16(23)21(17(24)20-18)10-15(22)19-13-8-9-28(25,26)11-13/h4-7,13H,3,8-11H2,1-2H3,(H,19,22)(H,20,24)/t13-,18+/m1/s1. The lowest BCUT2D eigenvalue weighted by molar-refractivity contribution is -0.135. The predicted molar refractivity (Wildman–Crippen MR) is 100 cm³/mol. The normalized spacial score (nSPS) is 26.2. The van der Waals surface area contributed by atoms with E-state index in [0.717, 1.165) is 4.90 Å². The smallest absolute Gasteiger partial charge is 0.325 e. The molecule has 1 aromatic carbocycles. The molecule has 9 nitrogen and oxygen atoms in total. The van der Waals surface area contributed by atoms with E-state index in [1.165, 1.54) is 7.11 Å². The number of nitrogens with one attached hydrogen (secondary N) is 2. The Kier molecular flexibility index (Phi) is 5.33. The molecular weight excluding hydrogens is 386 g/mol. The van der Waals surface area contributed by atoms with Gasteiger partial charge in [0.1, 0.15) is 17.8 Å². The van der Waals surface area contributed by atoms with Gasteiger partial charge in [0, 0.05) is 6.04 Å². The van der Waals surface area contributed by atoms with E-state index in [-0.39, 0.29) is 11.5 Å².